The maximum atomic E-state index is 12.7. The van der Waals surface area contributed by atoms with E-state index in [-0.39, 0.29) is 16.9 Å². The lowest BCUT2D eigenvalue weighted by atomic mass is 10.1. The molecule has 2 N–H and O–H groups in total. The number of benzene rings is 3. The summed E-state index contributed by atoms with van der Waals surface area (Å²) in [6.07, 6.45) is 3.08. The van der Waals surface area contributed by atoms with Crippen LogP contribution in [0.25, 0.3) is 6.08 Å². The van der Waals surface area contributed by atoms with E-state index in [1.807, 2.05) is 54.6 Å². The first kappa shape index (κ1) is 22.7. The van der Waals surface area contributed by atoms with Crippen LogP contribution in [0, 0.1) is 0 Å². The Hall–Kier alpha value is -3.97. The van der Waals surface area contributed by atoms with Crippen LogP contribution in [0.3, 0.4) is 0 Å². The lowest BCUT2D eigenvalue weighted by Gasteiger charge is -2.17. The summed E-state index contributed by atoms with van der Waals surface area (Å²) in [6, 6.07) is 23.6. The number of hydrogen-bond donors (Lipinski definition) is 2. The van der Waals surface area contributed by atoms with E-state index in [2.05, 4.69) is 10.6 Å². The van der Waals surface area contributed by atoms with Crippen molar-refractivity contribution in [2.24, 2.45) is 0 Å². The summed E-state index contributed by atoms with van der Waals surface area (Å²) in [5.41, 5.74) is 2.87. The Morgan fingerprint density at radius 1 is 0.938 bits per heavy atom. The molecule has 0 saturated carbocycles. The zero-order valence-corrected chi connectivity index (χ0v) is 18.6. The molecule has 0 spiro atoms. The van der Waals surface area contributed by atoms with Crippen LogP contribution >= 0.6 is 12.2 Å². The summed E-state index contributed by atoms with van der Waals surface area (Å²) < 4.78 is 5.11. The van der Waals surface area contributed by atoms with Gasteiger partial charge in [-0.3, -0.25) is 14.9 Å². The largest absolute Gasteiger partial charge is 0.497 e. The molecular formula is C25H23N3O3S. The van der Waals surface area contributed by atoms with Crippen molar-refractivity contribution in [1.82, 2.24) is 5.32 Å². The molecule has 0 aliphatic heterocycles. The fraction of sp³-hybridized carbons (Fsp3) is 0.0800. The molecule has 0 radical (unpaired) electrons. The summed E-state index contributed by atoms with van der Waals surface area (Å²) in [7, 11) is 3.33. The van der Waals surface area contributed by atoms with Crippen molar-refractivity contribution >= 4 is 46.6 Å². The molecule has 32 heavy (non-hydrogen) atoms. The fourth-order valence-corrected chi connectivity index (χ4v) is 3.08. The van der Waals surface area contributed by atoms with Crippen LogP contribution in [0.15, 0.2) is 84.9 Å². The van der Waals surface area contributed by atoms with Crippen LogP contribution in [-0.2, 0) is 4.79 Å². The SMILES string of the molecule is COc1ccc(/C=C/C(=O)NC(=S)Nc2ccc(C(=O)N(C)c3ccccc3)cc2)cc1. The number of para-hydroxylation sites is 1. The number of carbonyl (C=O) groups is 2. The molecule has 0 heterocycles. The van der Waals surface area contributed by atoms with Gasteiger partial charge in [-0.1, -0.05) is 30.3 Å². The second-order valence-electron chi connectivity index (χ2n) is 6.83. The molecule has 7 heteroatoms. The van der Waals surface area contributed by atoms with Gasteiger partial charge in [0.25, 0.3) is 5.91 Å². The van der Waals surface area contributed by atoms with E-state index in [1.165, 1.54) is 6.08 Å². The Kier molecular flexibility index (Phi) is 7.72. The zero-order chi connectivity index (χ0) is 22.9. The van der Waals surface area contributed by atoms with Crippen molar-refractivity contribution in [2.45, 2.75) is 0 Å². The molecule has 6 nitrogen and oxygen atoms in total. The minimum Gasteiger partial charge on any atom is -0.497 e. The number of nitrogens with one attached hydrogen (secondary N) is 2. The molecule has 162 valence electrons. The highest BCUT2D eigenvalue weighted by Crippen LogP contribution is 2.17. The lowest BCUT2D eigenvalue weighted by molar-refractivity contribution is -0.115. The van der Waals surface area contributed by atoms with Crippen LogP contribution < -0.4 is 20.3 Å². The normalized spacial score (nSPS) is 10.4. The number of ether oxygens (including phenoxy) is 1. The zero-order valence-electron chi connectivity index (χ0n) is 17.7. The van der Waals surface area contributed by atoms with Gasteiger partial charge in [-0.2, -0.15) is 0 Å². The van der Waals surface area contributed by atoms with Gasteiger partial charge in [-0.25, -0.2) is 0 Å². The second kappa shape index (κ2) is 10.9. The molecule has 0 bridgehead atoms. The standard InChI is InChI=1S/C25H23N3O3S/c1-28(21-6-4-3-5-7-21)24(30)19-11-13-20(14-12-19)26-25(32)27-23(29)17-10-18-8-15-22(31-2)16-9-18/h3-17H,1-2H3,(H2,26,27,29,32)/b17-10+. The molecule has 3 aromatic carbocycles. The van der Waals surface area contributed by atoms with E-state index in [0.717, 1.165) is 17.0 Å². The van der Waals surface area contributed by atoms with E-state index >= 15 is 0 Å². The number of methoxy groups -OCH3 is 1. The monoisotopic (exact) mass is 445 g/mol. The van der Waals surface area contributed by atoms with Crippen LogP contribution in [0.4, 0.5) is 11.4 Å². The van der Waals surface area contributed by atoms with E-state index < -0.39 is 0 Å². The smallest absolute Gasteiger partial charge is 0.258 e. The van der Waals surface area contributed by atoms with Crippen molar-refractivity contribution in [3.63, 3.8) is 0 Å². The Bertz CT molecular complexity index is 1110. The summed E-state index contributed by atoms with van der Waals surface area (Å²) in [4.78, 5) is 26.3. The fourth-order valence-electron chi connectivity index (χ4n) is 2.86. The number of anilines is 2. The number of rotatable bonds is 6. The van der Waals surface area contributed by atoms with Crippen LogP contribution in [0.2, 0.25) is 0 Å². The van der Waals surface area contributed by atoms with Gasteiger partial charge in [0.05, 0.1) is 7.11 Å². The third kappa shape index (κ3) is 6.26. The molecule has 0 atom stereocenters. The number of hydrogen-bond acceptors (Lipinski definition) is 4. The van der Waals surface area contributed by atoms with Crippen LogP contribution in [0.1, 0.15) is 15.9 Å². The highest BCUT2D eigenvalue weighted by molar-refractivity contribution is 7.80. The van der Waals surface area contributed by atoms with E-state index in [0.29, 0.717) is 11.3 Å². The summed E-state index contributed by atoms with van der Waals surface area (Å²) >= 11 is 5.20. The van der Waals surface area contributed by atoms with Crippen molar-refractivity contribution in [1.29, 1.82) is 0 Å². The number of carbonyl (C=O) groups excluding carboxylic acids is 2. The quantitative estimate of drug-likeness (QED) is 0.432. The van der Waals surface area contributed by atoms with Crippen molar-refractivity contribution in [3.05, 3.63) is 96.1 Å². The van der Waals surface area contributed by atoms with Crippen molar-refractivity contribution < 1.29 is 14.3 Å². The molecule has 2 amide bonds. The molecule has 3 rings (SSSR count). The van der Waals surface area contributed by atoms with Gasteiger partial charge in [-0.05, 0) is 72.4 Å². The van der Waals surface area contributed by atoms with Crippen molar-refractivity contribution in [3.8, 4) is 5.75 Å². The molecule has 3 aromatic rings. The Balaban J connectivity index is 1.53. The maximum Gasteiger partial charge on any atom is 0.258 e. The average Bonchev–Trinajstić information content (AvgIpc) is 2.83. The molecule has 0 unspecified atom stereocenters. The maximum absolute atomic E-state index is 12.7. The number of thiocarbonyl (C=S) groups is 1. The van der Waals surface area contributed by atoms with E-state index in [1.54, 1.807) is 49.4 Å². The van der Waals surface area contributed by atoms with E-state index in [9.17, 15) is 9.59 Å². The lowest BCUT2D eigenvalue weighted by Crippen LogP contribution is -2.32. The first-order valence-corrected chi connectivity index (χ1v) is 10.2. The topological polar surface area (TPSA) is 70.7 Å². The molecular weight excluding hydrogens is 422 g/mol. The van der Waals surface area contributed by atoms with Crippen molar-refractivity contribution in [2.75, 3.05) is 24.4 Å². The third-order valence-corrected chi connectivity index (χ3v) is 4.82. The first-order chi connectivity index (χ1) is 15.5. The van der Waals surface area contributed by atoms with Crippen LogP contribution in [-0.4, -0.2) is 31.1 Å². The number of nitrogens with zero attached hydrogens (tertiary/aromatic N) is 1. The summed E-state index contributed by atoms with van der Waals surface area (Å²) in [5.74, 6) is 0.272. The molecule has 0 aliphatic rings. The average molecular weight is 446 g/mol. The van der Waals surface area contributed by atoms with Gasteiger partial charge in [0.1, 0.15) is 5.75 Å². The summed E-state index contributed by atoms with van der Waals surface area (Å²) in [5, 5.41) is 5.69. The minimum absolute atomic E-state index is 0.123. The van der Waals surface area contributed by atoms with Gasteiger partial charge in [0, 0.05) is 30.1 Å². The number of amides is 2. The van der Waals surface area contributed by atoms with Gasteiger partial charge < -0.3 is 15.0 Å². The predicted octanol–water partition coefficient (Wildman–Crippen LogP) is 4.50. The Morgan fingerprint density at radius 2 is 1.59 bits per heavy atom. The minimum atomic E-state index is -0.352. The molecule has 0 saturated heterocycles. The summed E-state index contributed by atoms with van der Waals surface area (Å²) in [6.45, 7) is 0. The van der Waals surface area contributed by atoms with Gasteiger partial charge >= 0.3 is 0 Å². The van der Waals surface area contributed by atoms with Crippen LogP contribution in [0.5, 0.6) is 5.75 Å². The third-order valence-electron chi connectivity index (χ3n) is 4.62. The Labute approximate surface area is 192 Å². The predicted molar refractivity (Wildman–Crippen MR) is 132 cm³/mol. The van der Waals surface area contributed by atoms with Gasteiger partial charge in [0.2, 0.25) is 5.91 Å². The first-order valence-electron chi connectivity index (χ1n) is 9.83. The van der Waals surface area contributed by atoms with Gasteiger partial charge in [0.15, 0.2) is 5.11 Å². The Morgan fingerprint density at radius 3 is 2.22 bits per heavy atom. The van der Waals surface area contributed by atoms with Gasteiger partial charge in [-0.15, -0.1) is 0 Å². The van der Waals surface area contributed by atoms with E-state index in [4.69, 9.17) is 17.0 Å². The highest BCUT2D eigenvalue weighted by Gasteiger charge is 2.13. The second-order valence-corrected chi connectivity index (χ2v) is 7.24. The molecule has 0 aromatic heterocycles. The molecule has 0 fully saturated rings. The molecule has 0 aliphatic carbocycles. The highest BCUT2D eigenvalue weighted by atomic mass is 32.1.